The fourth-order valence-corrected chi connectivity index (χ4v) is 2.98. The van der Waals surface area contributed by atoms with E-state index in [2.05, 4.69) is 9.72 Å². The number of ether oxygens (including phenoxy) is 1. The Hall–Kier alpha value is -4.01. The lowest BCUT2D eigenvalue weighted by Gasteiger charge is -2.16. The number of hydrogen-bond donors (Lipinski definition) is 2. The van der Waals surface area contributed by atoms with Crippen LogP contribution in [0.5, 0.6) is 5.75 Å². The number of pyridine rings is 1. The Kier molecular flexibility index (Phi) is 5.63. The summed E-state index contributed by atoms with van der Waals surface area (Å²) in [5.41, 5.74) is 6.32. The molecule has 0 saturated carbocycles. The SMILES string of the molecule is COC(=O)c1cc(C(=O)N(C)C(N)=O)c2cc(Cc3ccc(F)cc3)cnc2c1O. The number of amides is 3. The van der Waals surface area contributed by atoms with Gasteiger partial charge in [-0.2, -0.15) is 0 Å². The largest absolute Gasteiger partial charge is 0.505 e. The molecule has 3 N–H and O–H groups in total. The van der Waals surface area contributed by atoms with Crippen molar-refractivity contribution in [1.82, 2.24) is 9.88 Å². The predicted octanol–water partition coefficient (Wildman–Crippen LogP) is 2.61. The number of urea groups is 1. The number of primary amides is 1. The van der Waals surface area contributed by atoms with Gasteiger partial charge >= 0.3 is 12.0 Å². The maximum absolute atomic E-state index is 13.1. The number of halogens is 1. The van der Waals surface area contributed by atoms with Crippen molar-refractivity contribution in [2.75, 3.05) is 14.2 Å². The third kappa shape index (κ3) is 3.90. The number of hydrogen-bond acceptors (Lipinski definition) is 6. The Labute approximate surface area is 170 Å². The molecule has 8 nitrogen and oxygen atoms in total. The van der Waals surface area contributed by atoms with Crippen LogP contribution in [0.25, 0.3) is 10.9 Å². The Morgan fingerprint density at radius 2 is 1.80 bits per heavy atom. The van der Waals surface area contributed by atoms with Gasteiger partial charge in [0.25, 0.3) is 5.91 Å². The molecule has 0 bridgehead atoms. The zero-order valence-corrected chi connectivity index (χ0v) is 16.2. The molecule has 3 amide bonds. The molecular weight excluding hydrogens is 393 g/mol. The van der Waals surface area contributed by atoms with Gasteiger partial charge < -0.3 is 15.6 Å². The summed E-state index contributed by atoms with van der Waals surface area (Å²) in [7, 11) is 2.32. The molecule has 3 aromatic rings. The number of methoxy groups -OCH3 is 1. The Balaban J connectivity index is 2.19. The monoisotopic (exact) mass is 411 g/mol. The smallest absolute Gasteiger partial charge is 0.341 e. The van der Waals surface area contributed by atoms with Crippen LogP contribution in [-0.4, -0.2) is 47.1 Å². The van der Waals surface area contributed by atoms with Crippen molar-refractivity contribution < 1.29 is 28.6 Å². The van der Waals surface area contributed by atoms with Gasteiger partial charge in [-0.1, -0.05) is 12.1 Å². The van der Waals surface area contributed by atoms with Crippen molar-refractivity contribution >= 4 is 28.8 Å². The molecule has 0 aliphatic heterocycles. The first-order valence-electron chi connectivity index (χ1n) is 8.77. The minimum Gasteiger partial charge on any atom is -0.505 e. The molecule has 0 aliphatic carbocycles. The first-order valence-corrected chi connectivity index (χ1v) is 8.77. The van der Waals surface area contributed by atoms with Gasteiger partial charge in [-0.05, 0) is 41.8 Å². The lowest BCUT2D eigenvalue weighted by molar-refractivity contribution is 0.0597. The molecule has 0 spiro atoms. The van der Waals surface area contributed by atoms with E-state index in [1.54, 1.807) is 18.2 Å². The number of phenols is 1. The number of carbonyl (C=O) groups is 3. The highest BCUT2D eigenvalue weighted by Crippen LogP contribution is 2.32. The fraction of sp³-hybridized carbons (Fsp3) is 0.143. The van der Waals surface area contributed by atoms with Gasteiger partial charge in [0, 0.05) is 18.6 Å². The Morgan fingerprint density at radius 3 is 2.40 bits per heavy atom. The van der Waals surface area contributed by atoms with Gasteiger partial charge in [0.2, 0.25) is 0 Å². The number of aromatic hydroxyl groups is 1. The topological polar surface area (TPSA) is 123 Å². The summed E-state index contributed by atoms with van der Waals surface area (Å²) >= 11 is 0. The summed E-state index contributed by atoms with van der Waals surface area (Å²) < 4.78 is 17.8. The average molecular weight is 411 g/mol. The molecule has 0 saturated heterocycles. The number of nitrogens with two attached hydrogens (primary N) is 1. The quantitative estimate of drug-likeness (QED) is 0.636. The fourth-order valence-electron chi connectivity index (χ4n) is 2.98. The van der Waals surface area contributed by atoms with Crippen LogP contribution in [0.2, 0.25) is 0 Å². The first kappa shape index (κ1) is 20.7. The Bertz CT molecular complexity index is 1160. The lowest BCUT2D eigenvalue weighted by Crippen LogP contribution is -2.37. The van der Waals surface area contributed by atoms with E-state index in [4.69, 9.17) is 5.73 Å². The third-order valence-corrected chi connectivity index (χ3v) is 4.60. The summed E-state index contributed by atoms with van der Waals surface area (Å²) in [6.45, 7) is 0. The second-order valence-electron chi connectivity index (χ2n) is 6.56. The molecule has 0 aliphatic rings. The standard InChI is InChI=1S/C21H18FN3O5/c1-25(21(23)29)19(27)15-9-16(20(28)30-2)18(26)17-14(15)8-12(10-24-17)7-11-3-5-13(22)6-4-11/h3-6,8-10,26H,7H2,1-2H3,(H2,23,29). The van der Waals surface area contributed by atoms with Gasteiger partial charge in [0.15, 0.2) is 5.75 Å². The Morgan fingerprint density at radius 1 is 1.13 bits per heavy atom. The van der Waals surface area contributed by atoms with Crippen LogP contribution >= 0.6 is 0 Å². The first-order chi connectivity index (χ1) is 14.2. The van der Waals surface area contributed by atoms with E-state index < -0.39 is 23.7 Å². The number of aromatic nitrogens is 1. The van der Waals surface area contributed by atoms with Crippen LogP contribution in [0.1, 0.15) is 31.8 Å². The predicted molar refractivity (Wildman–Crippen MR) is 106 cm³/mol. The number of fused-ring (bicyclic) bond motifs is 1. The van der Waals surface area contributed by atoms with E-state index in [0.29, 0.717) is 16.9 Å². The number of benzene rings is 2. The van der Waals surface area contributed by atoms with Crippen LogP contribution in [0.15, 0.2) is 42.6 Å². The molecule has 1 aromatic heterocycles. The van der Waals surface area contributed by atoms with Gasteiger partial charge in [0.05, 0.1) is 12.7 Å². The minimum atomic E-state index is -0.990. The third-order valence-electron chi connectivity index (χ3n) is 4.60. The summed E-state index contributed by atoms with van der Waals surface area (Å²) in [6.07, 6.45) is 1.85. The van der Waals surface area contributed by atoms with Gasteiger partial charge in [0.1, 0.15) is 16.9 Å². The van der Waals surface area contributed by atoms with Crippen molar-refractivity contribution in [3.8, 4) is 5.75 Å². The van der Waals surface area contributed by atoms with E-state index in [1.807, 2.05) is 0 Å². The average Bonchev–Trinajstić information content (AvgIpc) is 2.74. The number of carbonyl (C=O) groups excluding carboxylic acids is 3. The second-order valence-corrected chi connectivity index (χ2v) is 6.56. The molecular formula is C21H18FN3O5. The molecule has 1 heterocycles. The molecule has 30 heavy (non-hydrogen) atoms. The minimum absolute atomic E-state index is 0.0121. The highest BCUT2D eigenvalue weighted by molar-refractivity contribution is 6.14. The van der Waals surface area contributed by atoms with Crippen LogP contribution < -0.4 is 5.73 Å². The summed E-state index contributed by atoms with van der Waals surface area (Å²) in [5.74, 6) is -2.47. The normalized spacial score (nSPS) is 10.6. The molecule has 9 heteroatoms. The maximum atomic E-state index is 13.1. The lowest BCUT2D eigenvalue weighted by atomic mass is 9.98. The van der Waals surface area contributed by atoms with Crippen molar-refractivity contribution in [2.24, 2.45) is 5.73 Å². The maximum Gasteiger partial charge on any atom is 0.341 e. The number of rotatable bonds is 4. The zero-order valence-electron chi connectivity index (χ0n) is 16.2. The van der Waals surface area contributed by atoms with E-state index in [1.165, 1.54) is 25.4 Å². The number of nitrogens with zero attached hydrogens (tertiary/aromatic N) is 2. The van der Waals surface area contributed by atoms with Crippen molar-refractivity contribution in [3.63, 3.8) is 0 Å². The highest BCUT2D eigenvalue weighted by Gasteiger charge is 2.25. The van der Waals surface area contributed by atoms with Crippen molar-refractivity contribution in [2.45, 2.75) is 6.42 Å². The van der Waals surface area contributed by atoms with Crippen LogP contribution in [0.4, 0.5) is 9.18 Å². The molecule has 0 radical (unpaired) electrons. The highest BCUT2D eigenvalue weighted by atomic mass is 19.1. The van der Waals surface area contributed by atoms with Gasteiger partial charge in [-0.15, -0.1) is 0 Å². The molecule has 0 unspecified atom stereocenters. The molecule has 2 aromatic carbocycles. The molecule has 3 rings (SSSR count). The summed E-state index contributed by atoms with van der Waals surface area (Å²) in [5, 5.41) is 10.7. The number of imide groups is 1. The van der Waals surface area contributed by atoms with E-state index >= 15 is 0 Å². The van der Waals surface area contributed by atoms with Gasteiger partial charge in [-0.25, -0.2) is 14.0 Å². The van der Waals surface area contributed by atoms with Crippen molar-refractivity contribution in [3.05, 3.63) is 70.7 Å². The number of phenolic OH excluding ortho intramolecular Hbond substituents is 1. The summed E-state index contributed by atoms with van der Waals surface area (Å²) in [4.78, 5) is 41.2. The van der Waals surface area contributed by atoms with Crippen LogP contribution in [-0.2, 0) is 11.2 Å². The van der Waals surface area contributed by atoms with Gasteiger partial charge in [-0.3, -0.25) is 14.7 Å². The second kappa shape index (κ2) is 8.16. The molecule has 154 valence electrons. The summed E-state index contributed by atoms with van der Waals surface area (Å²) in [6, 6.07) is 7.64. The molecule has 0 atom stereocenters. The number of esters is 1. The molecule has 0 fully saturated rings. The zero-order chi connectivity index (χ0) is 22.0. The van der Waals surface area contributed by atoms with E-state index in [9.17, 15) is 23.9 Å². The van der Waals surface area contributed by atoms with Crippen LogP contribution in [0, 0.1) is 5.82 Å². The van der Waals surface area contributed by atoms with E-state index in [0.717, 1.165) is 18.7 Å². The van der Waals surface area contributed by atoms with Crippen molar-refractivity contribution in [1.29, 1.82) is 0 Å². The van der Waals surface area contributed by atoms with Crippen LogP contribution in [0.3, 0.4) is 0 Å². The van der Waals surface area contributed by atoms with E-state index in [-0.39, 0.29) is 27.8 Å².